The first kappa shape index (κ1) is 28.2. The van der Waals surface area contributed by atoms with E-state index in [2.05, 4.69) is 16.4 Å². The van der Waals surface area contributed by atoms with Gasteiger partial charge < -0.3 is 20.1 Å². The number of amides is 1. The maximum atomic E-state index is 14.4. The summed E-state index contributed by atoms with van der Waals surface area (Å²) in [5.41, 5.74) is 3.29. The summed E-state index contributed by atoms with van der Waals surface area (Å²) in [4.78, 5) is 44.9. The van der Waals surface area contributed by atoms with E-state index >= 15 is 0 Å². The lowest BCUT2D eigenvalue weighted by Gasteiger charge is -2.47. The molecular weight excluding hydrogens is 504 g/mol. The molecule has 7 heteroatoms. The molecule has 1 spiro atoms. The van der Waals surface area contributed by atoms with E-state index in [1.165, 1.54) is 0 Å². The summed E-state index contributed by atoms with van der Waals surface area (Å²) in [6.45, 7) is 7.82. The van der Waals surface area contributed by atoms with Crippen molar-refractivity contribution in [2.24, 2.45) is 23.2 Å². The second kappa shape index (κ2) is 10.9. The first-order valence-corrected chi connectivity index (χ1v) is 14.3. The van der Waals surface area contributed by atoms with Crippen LogP contribution >= 0.6 is 0 Å². The van der Waals surface area contributed by atoms with Crippen LogP contribution in [0.25, 0.3) is 10.9 Å². The number of ether oxygens (including phenoxy) is 1. The number of methoxy groups -OCH3 is 1. The van der Waals surface area contributed by atoms with Gasteiger partial charge in [-0.15, -0.1) is 0 Å². The molecule has 1 amide bonds. The van der Waals surface area contributed by atoms with E-state index in [-0.39, 0.29) is 36.5 Å². The average Bonchev–Trinajstić information content (AvgIpc) is 3.47. The van der Waals surface area contributed by atoms with E-state index in [4.69, 9.17) is 4.74 Å². The normalized spacial score (nSPS) is 35.6. The van der Waals surface area contributed by atoms with Crippen molar-refractivity contribution in [1.82, 2.24) is 10.3 Å². The van der Waals surface area contributed by atoms with Crippen LogP contribution in [0.1, 0.15) is 52.5 Å². The van der Waals surface area contributed by atoms with Crippen molar-refractivity contribution in [1.29, 1.82) is 0 Å². The molecule has 1 aromatic carbocycles. The maximum absolute atomic E-state index is 14.4. The first-order chi connectivity index (χ1) is 19.1. The first-order valence-electron chi connectivity index (χ1n) is 14.3. The van der Waals surface area contributed by atoms with Gasteiger partial charge in [0.05, 0.1) is 6.10 Å². The lowest BCUT2D eigenvalue weighted by Crippen LogP contribution is -2.56. The SMILES string of the molecule is CO[C@@H]1C(C)=C(C)[C@H]2[C@H](Cc3c[nH]c4ccccc34)NC(=O)[C@]23C(=O)CCC(=O)[C@H](O)/C(C)=C/[C@@H](C)C/C=C/[C@@H]13. The van der Waals surface area contributed by atoms with Crippen LogP contribution in [0.2, 0.25) is 0 Å². The number of aliphatic hydroxyl groups excluding tert-OH is 1. The van der Waals surface area contributed by atoms with Gasteiger partial charge in [0.25, 0.3) is 0 Å². The Kier molecular flexibility index (Phi) is 7.73. The molecular formula is C33H40N2O5. The lowest BCUT2D eigenvalue weighted by molar-refractivity contribution is -0.149. The minimum Gasteiger partial charge on any atom is -0.381 e. The quantitative estimate of drug-likeness (QED) is 0.386. The molecule has 0 unspecified atom stereocenters. The molecule has 0 radical (unpaired) electrons. The van der Waals surface area contributed by atoms with Crippen LogP contribution in [-0.2, 0) is 25.5 Å². The zero-order valence-electron chi connectivity index (χ0n) is 24.0. The Morgan fingerprint density at radius 3 is 2.58 bits per heavy atom. The molecule has 0 saturated carbocycles. The number of H-pyrrole nitrogens is 1. The molecule has 2 aromatic rings. The highest BCUT2D eigenvalue weighted by molar-refractivity contribution is 6.10. The van der Waals surface area contributed by atoms with E-state index in [1.807, 2.05) is 63.4 Å². The number of carbonyl (C=O) groups excluding carboxylic acids is 3. The number of allylic oxidation sites excluding steroid dienone is 2. The smallest absolute Gasteiger partial charge is 0.235 e. The molecule has 5 rings (SSSR count). The fourth-order valence-corrected chi connectivity index (χ4v) is 7.46. The Bertz CT molecular complexity index is 1430. The van der Waals surface area contributed by atoms with Crippen molar-refractivity contribution in [3.8, 4) is 0 Å². The van der Waals surface area contributed by atoms with Crippen LogP contribution in [0, 0.1) is 23.2 Å². The van der Waals surface area contributed by atoms with E-state index in [0.717, 1.165) is 27.6 Å². The van der Waals surface area contributed by atoms with Crippen molar-refractivity contribution in [3.63, 3.8) is 0 Å². The number of benzene rings is 1. The summed E-state index contributed by atoms with van der Waals surface area (Å²) >= 11 is 0. The Labute approximate surface area is 235 Å². The molecule has 1 aromatic heterocycles. The molecule has 0 bridgehead atoms. The van der Waals surface area contributed by atoms with Crippen LogP contribution in [0.4, 0.5) is 0 Å². The molecule has 1 saturated heterocycles. The number of fused-ring (bicyclic) bond motifs is 1. The number of ketones is 2. The van der Waals surface area contributed by atoms with Crippen LogP contribution in [-0.4, -0.2) is 52.9 Å². The number of aromatic amines is 1. The molecule has 2 heterocycles. The molecule has 1 fully saturated rings. The molecule has 2 aliphatic carbocycles. The number of rotatable bonds is 3. The zero-order valence-corrected chi connectivity index (χ0v) is 24.0. The fourth-order valence-electron chi connectivity index (χ4n) is 7.46. The average molecular weight is 545 g/mol. The predicted molar refractivity (Wildman–Crippen MR) is 154 cm³/mol. The second-order valence-corrected chi connectivity index (χ2v) is 11.9. The highest BCUT2D eigenvalue weighted by atomic mass is 16.5. The van der Waals surface area contributed by atoms with Crippen LogP contribution in [0.5, 0.6) is 0 Å². The minimum absolute atomic E-state index is 0.0666. The Morgan fingerprint density at radius 2 is 1.82 bits per heavy atom. The Balaban J connectivity index is 1.63. The highest BCUT2D eigenvalue weighted by Crippen LogP contribution is 2.56. The largest absolute Gasteiger partial charge is 0.381 e. The number of aromatic nitrogens is 1. The summed E-state index contributed by atoms with van der Waals surface area (Å²) < 4.78 is 6.01. The van der Waals surface area contributed by atoms with Crippen LogP contribution in [0.15, 0.2) is 65.4 Å². The summed E-state index contributed by atoms with van der Waals surface area (Å²) in [6.07, 6.45) is 7.18. The van der Waals surface area contributed by atoms with Crippen LogP contribution in [0.3, 0.4) is 0 Å². The van der Waals surface area contributed by atoms with Crippen molar-refractivity contribution in [2.45, 2.75) is 71.6 Å². The van der Waals surface area contributed by atoms with Gasteiger partial charge in [0.15, 0.2) is 5.78 Å². The number of hydrogen-bond donors (Lipinski definition) is 3. The molecule has 7 nitrogen and oxygen atoms in total. The van der Waals surface area contributed by atoms with Crippen molar-refractivity contribution >= 4 is 28.4 Å². The molecule has 3 aliphatic rings. The number of para-hydroxylation sites is 1. The molecule has 3 N–H and O–H groups in total. The highest BCUT2D eigenvalue weighted by Gasteiger charge is 2.66. The minimum atomic E-state index is -1.41. The molecule has 7 atom stereocenters. The monoisotopic (exact) mass is 544 g/mol. The van der Waals surface area contributed by atoms with Gasteiger partial charge in [-0.2, -0.15) is 0 Å². The van der Waals surface area contributed by atoms with E-state index in [1.54, 1.807) is 14.0 Å². The number of nitrogens with one attached hydrogen (secondary N) is 2. The van der Waals surface area contributed by atoms with Crippen molar-refractivity contribution in [2.75, 3.05) is 7.11 Å². The lowest BCUT2D eigenvalue weighted by atomic mass is 9.54. The van der Waals surface area contributed by atoms with Gasteiger partial charge in [-0.05, 0) is 62.3 Å². The predicted octanol–water partition coefficient (Wildman–Crippen LogP) is 4.61. The number of aliphatic hydroxyl groups is 1. The van der Waals surface area contributed by atoms with Gasteiger partial charge >= 0.3 is 0 Å². The summed E-state index contributed by atoms with van der Waals surface area (Å²) in [5, 5.41) is 15.0. The summed E-state index contributed by atoms with van der Waals surface area (Å²) in [7, 11) is 1.62. The van der Waals surface area contributed by atoms with E-state index in [9.17, 15) is 19.5 Å². The number of hydrogen-bond acceptors (Lipinski definition) is 5. The zero-order chi connectivity index (χ0) is 28.8. The standard InChI is InChI=1S/C33H40N2O5/c1-18-9-8-11-24-31(40-5)21(4)20(3)29-26(16-22-17-34-25-12-7-6-10-23(22)25)35-32(39)33(24,29)28(37)14-13-27(36)30(38)19(2)15-18/h6-8,10-12,15,17-18,24,26,29-31,34,38H,9,13-14,16H2,1-5H3,(H,35,39)/b11-8+,19-15+/t18-,24-,26-,29-,30+,31+,33+/m0/s1. The molecule has 1 aliphatic heterocycles. The third-order valence-corrected chi connectivity index (χ3v) is 9.52. The third-order valence-electron chi connectivity index (χ3n) is 9.52. The van der Waals surface area contributed by atoms with Gasteiger partial charge in [0.1, 0.15) is 17.3 Å². The van der Waals surface area contributed by atoms with Gasteiger partial charge in [-0.3, -0.25) is 14.4 Å². The topological polar surface area (TPSA) is 108 Å². The summed E-state index contributed by atoms with van der Waals surface area (Å²) in [5.74, 6) is -1.83. The van der Waals surface area contributed by atoms with E-state index < -0.39 is 35.2 Å². The second-order valence-electron chi connectivity index (χ2n) is 11.9. The maximum Gasteiger partial charge on any atom is 0.235 e. The number of Topliss-reactive ketones (excluding diaryl/α,β-unsaturated/α-hetero) is 2. The number of carbonyl (C=O) groups is 3. The van der Waals surface area contributed by atoms with Crippen molar-refractivity contribution in [3.05, 3.63) is 71.0 Å². The van der Waals surface area contributed by atoms with Crippen molar-refractivity contribution < 1.29 is 24.2 Å². The van der Waals surface area contributed by atoms with Gasteiger partial charge in [-0.1, -0.05) is 48.9 Å². The molecule has 40 heavy (non-hydrogen) atoms. The van der Waals surface area contributed by atoms with E-state index in [0.29, 0.717) is 18.4 Å². The van der Waals surface area contributed by atoms with Gasteiger partial charge in [0.2, 0.25) is 5.91 Å². The molecule has 212 valence electrons. The van der Waals surface area contributed by atoms with Gasteiger partial charge in [0, 0.05) is 54.9 Å². The van der Waals surface area contributed by atoms with Gasteiger partial charge in [-0.25, -0.2) is 0 Å². The Hall–Kier alpha value is -3.29. The summed E-state index contributed by atoms with van der Waals surface area (Å²) in [6, 6.07) is 7.76. The fraction of sp³-hybridized carbons (Fsp3) is 0.485. The van der Waals surface area contributed by atoms with Crippen LogP contribution < -0.4 is 5.32 Å². The third kappa shape index (κ3) is 4.49. The Morgan fingerprint density at radius 1 is 1.07 bits per heavy atom.